The monoisotopic (exact) mass is 308 g/mol. The molecule has 2 aromatic carbocycles. The van der Waals surface area contributed by atoms with E-state index in [2.05, 4.69) is 61.5 Å². The average molecular weight is 308 g/mol. The van der Waals surface area contributed by atoms with E-state index in [-0.39, 0.29) is 6.04 Å². The molecule has 1 fully saturated rings. The Morgan fingerprint density at radius 2 is 1.91 bits per heavy atom. The minimum absolute atomic E-state index is 0.00258. The first kappa shape index (κ1) is 15.6. The molecule has 0 saturated carbocycles. The molecule has 0 spiro atoms. The largest absolute Gasteiger partial charge is 0.364 e. The Kier molecular flexibility index (Phi) is 4.62. The van der Waals surface area contributed by atoms with E-state index in [0.29, 0.717) is 19.4 Å². The molecular weight excluding hydrogens is 287 g/mol. The molecule has 3 rings (SSSR count). The fraction of sp³-hybridized carbons (Fsp3) is 0.350. The molecule has 2 nitrogen and oxygen atoms in total. The van der Waals surface area contributed by atoms with Gasteiger partial charge in [-0.1, -0.05) is 36.4 Å². The van der Waals surface area contributed by atoms with Gasteiger partial charge in [-0.05, 0) is 42.2 Å². The lowest BCUT2D eigenvalue weighted by Gasteiger charge is -2.24. The predicted octanol–water partition coefficient (Wildman–Crippen LogP) is 4.42. The zero-order valence-corrected chi connectivity index (χ0v) is 13.4. The van der Waals surface area contributed by atoms with E-state index < -0.39 is 6.17 Å². The molecule has 0 amide bonds. The second kappa shape index (κ2) is 6.83. The van der Waals surface area contributed by atoms with Crippen LogP contribution < -0.4 is 4.90 Å². The van der Waals surface area contributed by atoms with Crippen molar-refractivity contribution >= 4 is 5.69 Å². The number of alkyl halides is 1. The van der Waals surface area contributed by atoms with Gasteiger partial charge in [0.05, 0.1) is 12.5 Å². The highest BCUT2D eigenvalue weighted by Gasteiger charge is 2.31. The highest BCUT2D eigenvalue weighted by atomic mass is 19.1. The molecule has 1 aliphatic rings. The number of aryl methyl sites for hydroxylation is 1. The van der Waals surface area contributed by atoms with Crippen LogP contribution in [0.25, 0.3) is 0 Å². The lowest BCUT2D eigenvalue weighted by molar-refractivity contribution is 0.356. The van der Waals surface area contributed by atoms with E-state index in [9.17, 15) is 4.39 Å². The number of nitriles is 1. The second-order valence-corrected chi connectivity index (χ2v) is 6.27. The van der Waals surface area contributed by atoms with Crippen molar-refractivity contribution < 1.29 is 4.39 Å². The fourth-order valence-electron chi connectivity index (χ4n) is 3.31. The van der Waals surface area contributed by atoms with Gasteiger partial charge < -0.3 is 4.90 Å². The van der Waals surface area contributed by atoms with Gasteiger partial charge >= 0.3 is 0 Å². The zero-order valence-electron chi connectivity index (χ0n) is 13.4. The quantitative estimate of drug-likeness (QED) is 0.836. The van der Waals surface area contributed by atoms with Gasteiger partial charge in [-0.3, -0.25) is 0 Å². The molecule has 3 heteroatoms. The van der Waals surface area contributed by atoms with Crippen molar-refractivity contribution in [1.29, 1.82) is 5.26 Å². The zero-order chi connectivity index (χ0) is 16.2. The van der Waals surface area contributed by atoms with E-state index in [0.717, 1.165) is 12.1 Å². The second-order valence-electron chi connectivity index (χ2n) is 6.27. The third kappa shape index (κ3) is 3.53. The molecule has 2 atom stereocenters. The van der Waals surface area contributed by atoms with Crippen LogP contribution in [0.15, 0.2) is 48.5 Å². The van der Waals surface area contributed by atoms with Gasteiger partial charge in [0.2, 0.25) is 0 Å². The Hall–Kier alpha value is -2.34. The number of hydrogen-bond acceptors (Lipinski definition) is 2. The first-order chi connectivity index (χ1) is 11.2. The summed E-state index contributed by atoms with van der Waals surface area (Å²) in [6.45, 7) is 2.52. The van der Waals surface area contributed by atoms with Crippen LogP contribution >= 0.6 is 0 Å². The summed E-state index contributed by atoms with van der Waals surface area (Å²) in [4.78, 5) is 2.03. The van der Waals surface area contributed by atoms with Crippen LogP contribution in [0.5, 0.6) is 0 Å². The Morgan fingerprint density at radius 3 is 2.61 bits per heavy atom. The van der Waals surface area contributed by atoms with Crippen molar-refractivity contribution in [3.05, 3.63) is 65.2 Å². The van der Waals surface area contributed by atoms with Gasteiger partial charge in [-0.25, -0.2) is 4.39 Å². The van der Waals surface area contributed by atoms with Gasteiger partial charge in [-0.15, -0.1) is 0 Å². The fourth-order valence-corrected chi connectivity index (χ4v) is 3.31. The highest BCUT2D eigenvalue weighted by molar-refractivity contribution is 5.51. The summed E-state index contributed by atoms with van der Waals surface area (Å²) in [5.74, 6) is 0. The molecular formula is C20H21FN2. The standard InChI is InChI=1S/C20H21FN2/c1-15-4-2-3-5-17(15)12-16-6-8-19(9-7-16)23-14-18(21)13-20(23)10-11-22/h2-9,18,20H,10,12-14H2,1H3/t18?,20-/m0/s1. The number of nitrogens with zero attached hydrogens (tertiary/aromatic N) is 2. The molecule has 23 heavy (non-hydrogen) atoms. The molecule has 0 aliphatic carbocycles. The lowest BCUT2D eigenvalue weighted by atomic mass is 10.0. The topological polar surface area (TPSA) is 27.0 Å². The van der Waals surface area contributed by atoms with E-state index in [1.807, 2.05) is 4.90 Å². The summed E-state index contributed by atoms with van der Waals surface area (Å²) in [6, 6.07) is 18.9. The Morgan fingerprint density at radius 1 is 1.17 bits per heavy atom. The number of hydrogen-bond donors (Lipinski definition) is 0. The SMILES string of the molecule is Cc1ccccc1Cc1ccc(N2CC(F)C[C@@H]2CC#N)cc1. The van der Waals surface area contributed by atoms with Gasteiger partial charge in [0.15, 0.2) is 0 Å². The van der Waals surface area contributed by atoms with E-state index in [1.165, 1.54) is 16.7 Å². The summed E-state index contributed by atoms with van der Waals surface area (Å²) in [5.41, 5.74) is 4.88. The lowest BCUT2D eigenvalue weighted by Crippen LogP contribution is -2.29. The molecule has 1 saturated heterocycles. The van der Waals surface area contributed by atoms with Gasteiger partial charge in [0.1, 0.15) is 6.17 Å². The first-order valence-corrected chi connectivity index (χ1v) is 8.08. The van der Waals surface area contributed by atoms with Crippen molar-refractivity contribution in [2.24, 2.45) is 0 Å². The molecule has 1 unspecified atom stereocenters. The van der Waals surface area contributed by atoms with Crippen LogP contribution in [0.4, 0.5) is 10.1 Å². The van der Waals surface area contributed by atoms with Crippen molar-refractivity contribution in [2.75, 3.05) is 11.4 Å². The summed E-state index contributed by atoms with van der Waals surface area (Å²) in [6.07, 6.45) is 0.907. The number of halogens is 1. The normalized spacial score (nSPS) is 20.5. The summed E-state index contributed by atoms with van der Waals surface area (Å²) < 4.78 is 13.7. The van der Waals surface area contributed by atoms with E-state index in [1.54, 1.807) is 0 Å². The number of benzene rings is 2. The maximum Gasteiger partial charge on any atom is 0.120 e. The molecule has 0 N–H and O–H groups in total. The highest BCUT2D eigenvalue weighted by Crippen LogP contribution is 2.29. The summed E-state index contributed by atoms with van der Waals surface area (Å²) in [5, 5.41) is 8.91. The third-order valence-corrected chi connectivity index (χ3v) is 4.61. The predicted molar refractivity (Wildman–Crippen MR) is 91.3 cm³/mol. The van der Waals surface area contributed by atoms with E-state index >= 15 is 0 Å². The molecule has 1 heterocycles. The van der Waals surface area contributed by atoms with Crippen molar-refractivity contribution in [2.45, 2.75) is 38.4 Å². The average Bonchev–Trinajstić information content (AvgIpc) is 2.91. The van der Waals surface area contributed by atoms with Crippen LogP contribution in [0.1, 0.15) is 29.5 Å². The molecule has 1 aliphatic heterocycles. The van der Waals surface area contributed by atoms with Gasteiger partial charge in [0, 0.05) is 24.7 Å². The number of rotatable bonds is 4. The molecule has 0 radical (unpaired) electrons. The van der Waals surface area contributed by atoms with E-state index in [4.69, 9.17) is 5.26 Å². The minimum atomic E-state index is -0.833. The molecule has 0 aromatic heterocycles. The molecule has 0 bridgehead atoms. The smallest absolute Gasteiger partial charge is 0.120 e. The third-order valence-electron chi connectivity index (χ3n) is 4.61. The number of anilines is 1. The Labute approximate surface area is 137 Å². The molecule has 2 aromatic rings. The van der Waals surface area contributed by atoms with Crippen LogP contribution in [0, 0.1) is 18.3 Å². The van der Waals surface area contributed by atoms with Crippen molar-refractivity contribution in [1.82, 2.24) is 0 Å². The maximum absolute atomic E-state index is 13.7. The van der Waals surface area contributed by atoms with Crippen molar-refractivity contribution in [3.8, 4) is 6.07 Å². The Balaban J connectivity index is 1.74. The Bertz CT molecular complexity index is 702. The first-order valence-electron chi connectivity index (χ1n) is 8.08. The van der Waals surface area contributed by atoms with Crippen LogP contribution in [0.2, 0.25) is 0 Å². The summed E-state index contributed by atoms with van der Waals surface area (Å²) in [7, 11) is 0. The maximum atomic E-state index is 13.7. The minimum Gasteiger partial charge on any atom is -0.364 e. The summed E-state index contributed by atoms with van der Waals surface area (Å²) >= 11 is 0. The van der Waals surface area contributed by atoms with Crippen LogP contribution in [-0.2, 0) is 6.42 Å². The van der Waals surface area contributed by atoms with Crippen LogP contribution in [0.3, 0.4) is 0 Å². The van der Waals surface area contributed by atoms with Gasteiger partial charge in [-0.2, -0.15) is 5.26 Å². The van der Waals surface area contributed by atoms with Crippen LogP contribution in [-0.4, -0.2) is 18.8 Å². The van der Waals surface area contributed by atoms with Gasteiger partial charge in [0.25, 0.3) is 0 Å². The molecule has 118 valence electrons. The van der Waals surface area contributed by atoms with Crippen molar-refractivity contribution in [3.63, 3.8) is 0 Å².